The number of hydrogen-bond acceptors (Lipinski definition) is 5. The van der Waals surface area contributed by atoms with Gasteiger partial charge in [-0.3, -0.25) is 9.59 Å². The van der Waals surface area contributed by atoms with E-state index in [2.05, 4.69) is 10.4 Å². The van der Waals surface area contributed by atoms with E-state index in [9.17, 15) is 22.4 Å². The van der Waals surface area contributed by atoms with Crippen LogP contribution in [0.25, 0.3) is 0 Å². The molecular formula is C17H18FN3O4S. The van der Waals surface area contributed by atoms with Gasteiger partial charge in [0.25, 0.3) is 5.56 Å². The SMILES string of the molecule is O=C(Cn1nc(S(=O)(=O)c2cccc(F)c2)ccc1=O)NC1CCCC1. The molecule has 1 aromatic carbocycles. The summed E-state index contributed by atoms with van der Waals surface area (Å²) in [6, 6.07) is 6.67. The highest BCUT2D eigenvalue weighted by molar-refractivity contribution is 7.91. The van der Waals surface area contributed by atoms with E-state index in [1.165, 1.54) is 12.1 Å². The molecule has 7 nitrogen and oxygen atoms in total. The standard InChI is InChI=1S/C17H18FN3O4S/c18-12-4-3-7-14(10-12)26(24,25)16-8-9-17(23)21(20-16)11-15(22)19-13-5-1-2-6-13/h3-4,7-10,13H,1-2,5-6,11H2,(H,19,22). The number of rotatable bonds is 5. The fourth-order valence-electron chi connectivity index (χ4n) is 2.92. The largest absolute Gasteiger partial charge is 0.352 e. The molecule has 0 bridgehead atoms. The number of hydrogen-bond donors (Lipinski definition) is 1. The maximum atomic E-state index is 13.3. The number of nitrogens with zero attached hydrogens (tertiary/aromatic N) is 2. The van der Waals surface area contributed by atoms with E-state index in [4.69, 9.17) is 0 Å². The summed E-state index contributed by atoms with van der Waals surface area (Å²) in [6.45, 7) is -0.373. The van der Waals surface area contributed by atoms with Crippen LogP contribution in [0.15, 0.2) is 51.1 Å². The molecule has 138 valence electrons. The highest BCUT2D eigenvalue weighted by Gasteiger charge is 2.22. The first-order chi connectivity index (χ1) is 12.4. The molecule has 1 amide bonds. The zero-order chi connectivity index (χ0) is 18.7. The Kier molecular flexibility index (Phi) is 5.17. The summed E-state index contributed by atoms with van der Waals surface area (Å²) >= 11 is 0. The van der Waals surface area contributed by atoms with Gasteiger partial charge in [-0.15, -0.1) is 0 Å². The van der Waals surface area contributed by atoms with Crippen LogP contribution in [0.4, 0.5) is 4.39 Å². The average Bonchev–Trinajstić information content (AvgIpc) is 3.09. The van der Waals surface area contributed by atoms with Gasteiger partial charge >= 0.3 is 0 Å². The third kappa shape index (κ3) is 3.98. The second-order valence-electron chi connectivity index (χ2n) is 6.18. The van der Waals surface area contributed by atoms with Gasteiger partial charge in [0.05, 0.1) is 4.90 Å². The molecule has 0 unspecified atom stereocenters. The Labute approximate surface area is 149 Å². The highest BCUT2D eigenvalue weighted by atomic mass is 32.2. The second kappa shape index (κ2) is 7.36. The number of nitrogens with one attached hydrogen (secondary N) is 1. The Bertz CT molecular complexity index is 981. The van der Waals surface area contributed by atoms with E-state index in [1.54, 1.807) is 0 Å². The van der Waals surface area contributed by atoms with Crippen molar-refractivity contribution in [2.24, 2.45) is 0 Å². The van der Waals surface area contributed by atoms with Crippen molar-refractivity contribution in [2.75, 3.05) is 0 Å². The Morgan fingerprint density at radius 2 is 1.96 bits per heavy atom. The number of sulfone groups is 1. The van der Waals surface area contributed by atoms with Crippen molar-refractivity contribution in [3.63, 3.8) is 0 Å². The number of aromatic nitrogens is 2. The van der Waals surface area contributed by atoms with Crippen molar-refractivity contribution < 1.29 is 17.6 Å². The summed E-state index contributed by atoms with van der Waals surface area (Å²) in [6.07, 6.45) is 3.87. The summed E-state index contributed by atoms with van der Waals surface area (Å²) in [4.78, 5) is 23.7. The third-order valence-electron chi connectivity index (χ3n) is 4.24. The fraction of sp³-hybridized carbons (Fsp3) is 0.353. The smallest absolute Gasteiger partial charge is 0.267 e. The van der Waals surface area contributed by atoms with Crippen LogP contribution in [0.2, 0.25) is 0 Å². The number of amides is 1. The molecule has 0 aliphatic heterocycles. The molecule has 26 heavy (non-hydrogen) atoms. The van der Waals surface area contributed by atoms with E-state index in [-0.39, 0.29) is 17.5 Å². The van der Waals surface area contributed by atoms with Gasteiger partial charge in [-0.25, -0.2) is 17.5 Å². The molecule has 1 aliphatic carbocycles. The van der Waals surface area contributed by atoms with Gasteiger partial charge in [-0.1, -0.05) is 18.9 Å². The van der Waals surface area contributed by atoms with Gasteiger partial charge in [0.15, 0.2) is 5.03 Å². The topological polar surface area (TPSA) is 98.1 Å². The molecule has 0 radical (unpaired) electrons. The minimum atomic E-state index is -4.10. The maximum Gasteiger partial charge on any atom is 0.267 e. The van der Waals surface area contributed by atoms with E-state index < -0.39 is 32.1 Å². The monoisotopic (exact) mass is 379 g/mol. The molecule has 0 spiro atoms. The summed E-state index contributed by atoms with van der Waals surface area (Å²) in [5.74, 6) is -1.10. The molecule has 1 fully saturated rings. The summed E-state index contributed by atoms with van der Waals surface area (Å²) in [7, 11) is -4.10. The van der Waals surface area contributed by atoms with Gasteiger partial charge in [0.2, 0.25) is 15.7 Å². The van der Waals surface area contributed by atoms with Crippen molar-refractivity contribution in [1.29, 1.82) is 0 Å². The molecule has 9 heteroatoms. The van der Waals surface area contributed by atoms with Crippen LogP contribution >= 0.6 is 0 Å². The van der Waals surface area contributed by atoms with E-state index in [0.29, 0.717) is 0 Å². The minimum absolute atomic E-state index is 0.0809. The molecule has 0 atom stereocenters. The lowest BCUT2D eigenvalue weighted by Gasteiger charge is -2.12. The van der Waals surface area contributed by atoms with E-state index >= 15 is 0 Å². The van der Waals surface area contributed by atoms with Crippen molar-refractivity contribution in [1.82, 2.24) is 15.1 Å². The molecule has 1 aromatic heterocycles. The zero-order valence-corrected chi connectivity index (χ0v) is 14.7. The summed E-state index contributed by atoms with van der Waals surface area (Å²) in [5, 5.41) is 6.19. The van der Waals surface area contributed by atoms with Gasteiger partial charge in [0.1, 0.15) is 12.4 Å². The predicted molar refractivity (Wildman–Crippen MR) is 90.7 cm³/mol. The van der Waals surface area contributed by atoms with Gasteiger partial charge in [-0.05, 0) is 37.1 Å². The fourth-order valence-corrected chi connectivity index (χ4v) is 4.14. The normalized spacial score (nSPS) is 15.1. The molecule has 0 saturated heterocycles. The number of benzene rings is 1. The Balaban J connectivity index is 1.85. The van der Waals surface area contributed by atoms with Crippen LogP contribution in [-0.2, 0) is 21.2 Å². The average molecular weight is 379 g/mol. The summed E-state index contributed by atoms with van der Waals surface area (Å²) in [5.41, 5.74) is -0.593. The van der Waals surface area contributed by atoms with Gasteiger partial charge < -0.3 is 5.32 Å². The molecule has 1 N–H and O–H groups in total. The number of carbonyl (C=O) groups excluding carboxylic acids is 1. The van der Waals surface area contributed by atoms with Crippen LogP contribution in [-0.4, -0.2) is 30.1 Å². The van der Waals surface area contributed by atoms with Crippen LogP contribution in [0.1, 0.15) is 25.7 Å². The van der Waals surface area contributed by atoms with Crippen molar-refractivity contribution in [2.45, 2.75) is 48.2 Å². The van der Waals surface area contributed by atoms with Gasteiger partial charge in [0, 0.05) is 12.1 Å². The van der Waals surface area contributed by atoms with Crippen molar-refractivity contribution in [3.8, 4) is 0 Å². The lowest BCUT2D eigenvalue weighted by atomic mass is 10.2. The maximum absolute atomic E-state index is 13.3. The first-order valence-electron chi connectivity index (χ1n) is 8.24. The van der Waals surface area contributed by atoms with Crippen LogP contribution in [0, 0.1) is 5.82 Å². The molecule has 1 aliphatic rings. The van der Waals surface area contributed by atoms with Crippen molar-refractivity contribution in [3.05, 3.63) is 52.6 Å². The second-order valence-corrected chi connectivity index (χ2v) is 8.07. The third-order valence-corrected chi connectivity index (χ3v) is 5.88. The first-order valence-corrected chi connectivity index (χ1v) is 9.73. The summed E-state index contributed by atoms with van der Waals surface area (Å²) < 4.78 is 39.3. The lowest BCUT2D eigenvalue weighted by molar-refractivity contribution is -0.122. The molecule has 1 heterocycles. The minimum Gasteiger partial charge on any atom is -0.352 e. The quantitative estimate of drug-likeness (QED) is 0.844. The molecule has 2 aromatic rings. The molecular weight excluding hydrogens is 361 g/mol. The first kappa shape index (κ1) is 18.2. The lowest BCUT2D eigenvalue weighted by Crippen LogP contribution is -2.38. The van der Waals surface area contributed by atoms with Crippen LogP contribution < -0.4 is 10.9 Å². The molecule has 1 saturated carbocycles. The Hall–Kier alpha value is -2.55. The van der Waals surface area contributed by atoms with E-state index in [0.717, 1.165) is 54.6 Å². The van der Waals surface area contributed by atoms with Crippen molar-refractivity contribution >= 4 is 15.7 Å². The zero-order valence-electron chi connectivity index (χ0n) is 13.9. The van der Waals surface area contributed by atoms with Crippen LogP contribution in [0.5, 0.6) is 0 Å². The van der Waals surface area contributed by atoms with Crippen LogP contribution in [0.3, 0.4) is 0 Å². The molecule has 3 rings (SSSR count). The van der Waals surface area contributed by atoms with Gasteiger partial charge in [-0.2, -0.15) is 5.10 Å². The highest BCUT2D eigenvalue weighted by Crippen LogP contribution is 2.19. The number of carbonyl (C=O) groups is 1. The Morgan fingerprint density at radius 3 is 2.65 bits per heavy atom. The predicted octanol–water partition coefficient (Wildman–Crippen LogP) is 1.27. The Morgan fingerprint density at radius 1 is 1.23 bits per heavy atom. The van der Waals surface area contributed by atoms with E-state index in [1.807, 2.05) is 0 Å². The number of halogens is 1.